The van der Waals surface area contributed by atoms with Crippen molar-refractivity contribution in [3.8, 4) is 11.4 Å². The Hall–Kier alpha value is -3.52. The molecule has 2 aliphatic rings. The summed E-state index contributed by atoms with van der Waals surface area (Å²) in [7, 11) is 0. The topological polar surface area (TPSA) is 93.8 Å². The largest absolute Gasteiger partial charge is 0.364 e. The molecule has 0 aromatic carbocycles. The normalized spacial score (nSPS) is 20.4. The van der Waals surface area contributed by atoms with Gasteiger partial charge >= 0.3 is 0 Å². The van der Waals surface area contributed by atoms with Crippen LogP contribution in [0.2, 0.25) is 0 Å². The Labute approximate surface area is 198 Å². The Morgan fingerprint density at radius 3 is 2.59 bits per heavy atom. The minimum atomic E-state index is -0.0103. The first-order valence-corrected chi connectivity index (χ1v) is 12.1. The molecular formula is C26H29N7O. The van der Waals surface area contributed by atoms with Crippen LogP contribution in [0.4, 0.5) is 5.69 Å². The van der Waals surface area contributed by atoms with E-state index in [1.807, 2.05) is 38.5 Å². The molecule has 0 amide bonds. The molecule has 0 bridgehead atoms. The molecule has 0 spiro atoms. The highest BCUT2D eigenvalue weighted by Gasteiger charge is 2.42. The maximum Gasteiger partial charge on any atom is 0.251 e. The number of anilines is 1. The summed E-state index contributed by atoms with van der Waals surface area (Å²) in [5, 5.41) is 0. The van der Waals surface area contributed by atoms with Crippen molar-refractivity contribution in [1.29, 1.82) is 0 Å². The zero-order valence-corrected chi connectivity index (χ0v) is 19.6. The number of hydrogen-bond donors (Lipinski definition) is 2. The minimum absolute atomic E-state index is 0.0103. The van der Waals surface area contributed by atoms with Gasteiger partial charge in [-0.3, -0.25) is 19.7 Å². The Kier molecular flexibility index (Phi) is 5.17. The van der Waals surface area contributed by atoms with Gasteiger partial charge in [0.25, 0.3) is 5.56 Å². The second-order valence-corrected chi connectivity index (χ2v) is 9.41. The van der Waals surface area contributed by atoms with Gasteiger partial charge in [-0.05, 0) is 56.0 Å². The number of aryl methyl sites for hydroxylation is 2. The highest BCUT2D eigenvalue weighted by molar-refractivity contribution is 5.74. The van der Waals surface area contributed by atoms with Crippen LogP contribution in [0.5, 0.6) is 0 Å². The van der Waals surface area contributed by atoms with Crippen molar-refractivity contribution < 1.29 is 0 Å². The van der Waals surface area contributed by atoms with E-state index in [2.05, 4.69) is 47.9 Å². The van der Waals surface area contributed by atoms with Gasteiger partial charge in [0.1, 0.15) is 5.82 Å². The van der Waals surface area contributed by atoms with Crippen LogP contribution in [0, 0.1) is 6.92 Å². The Morgan fingerprint density at radius 1 is 1.00 bits per heavy atom. The number of fused-ring (bicyclic) bond motifs is 2. The van der Waals surface area contributed by atoms with Crippen molar-refractivity contribution in [3.05, 3.63) is 70.2 Å². The molecule has 2 fully saturated rings. The molecule has 0 unspecified atom stereocenters. The number of piperazine rings is 1. The fourth-order valence-corrected chi connectivity index (χ4v) is 5.36. The summed E-state index contributed by atoms with van der Waals surface area (Å²) >= 11 is 0. The maximum absolute atomic E-state index is 12.2. The first kappa shape index (κ1) is 21.0. The number of aromatic amines is 2. The number of pyridine rings is 3. The third-order valence-electron chi connectivity index (χ3n) is 7.35. The van der Waals surface area contributed by atoms with Crippen molar-refractivity contribution in [3.63, 3.8) is 0 Å². The van der Waals surface area contributed by atoms with E-state index in [0.717, 1.165) is 59.0 Å². The summed E-state index contributed by atoms with van der Waals surface area (Å²) in [6.45, 7) is 6.76. The lowest BCUT2D eigenvalue weighted by atomic mass is 9.81. The molecular weight excluding hydrogens is 426 g/mol. The van der Waals surface area contributed by atoms with Crippen molar-refractivity contribution >= 4 is 16.7 Å². The summed E-state index contributed by atoms with van der Waals surface area (Å²) in [5.74, 6) is 0.896. The lowest BCUT2D eigenvalue weighted by Gasteiger charge is -2.54. The van der Waals surface area contributed by atoms with Gasteiger partial charge < -0.3 is 14.9 Å². The Morgan fingerprint density at radius 2 is 1.88 bits per heavy atom. The molecule has 0 radical (unpaired) electrons. The van der Waals surface area contributed by atoms with E-state index in [-0.39, 0.29) is 5.56 Å². The first-order valence-electron chi connectivity index (χ1n) is 12.1. The third-order valence-corrected chi connectivity index (χ3v) is 7.35. The van der Waals surface area contributed by atoms with Gasteiger partial charge in [-0.25, -0.2) is 4.98 Å². The Balaban J connectivity index is 1.17. The van der Waals surface area contributed by atoms with Crippen LogP contribution in [0.15, 0.2) is 47.7 Å². The predicted molar refractivity (Wildman–Crippen MR) is 133 cm³/mol. The molecule has 2 N–H and O–H groups in total. The molecule has 6 rings (SSSR count). The molecule has 174 valence electrons. The molecule has 34 heavy (non-hydrogen) atoms. The van der Waals surface area contributed by atoms with E-state index < -0.39 is 0 Å². The van der Waals surface area contributed by atoms with E-state index in [4.69, 9.17) is 4.98 Å². The van der Waals surface area contributed by atoms with E-state index >= 15 is 0 Å². The molecule has 5 heterocycles. The van der Waals surface area contributed by atoms with Crippen molar-refractivity contribution in [2.75, 3.05) is 18.0 Å². The predicted octanol–water partition coefficient (Wildman–Crippen LogP) is 3.43. The van der Waals surface area contributed by atoms with Gasteiger partial charge in [0.05, 0.1) is 40.5 Å². The summed E-state index contributed by atoms with van der Waals surface area (Å²) in [6.07, 6.45) is 8.90. The van der Waals surface area contributed by atoms with Gasteiger partial charge in [0, 0.05) is 43.5 Å². The Bertz CT molecular complexity index is 1390. The maximum atomic E-state index is 12.2. The fraction of sp³-hybridized carbons (Fsp3) is 0.385. The van der Waals surface area contributed by atoms with Crippen LogP contribution >= 0.6 is 0 Å². The van der Waals surface area contributed by atoms with Gasteiger partial charge in [-0.2, -0.15) is 0 Å². The van der Waals surface area contributed by atoms with Crippen molar-refractivity contribution in [1.82, 2.24) is 29.8 Å². The number of nitrogens with one attached hydrogen (secondary N) is 2. The summed E-state index contributed by atoms with van der Waals surface area (Å²) in [5.41, 5.74) is 6.65. The first-order chi connectivity index (χ1) is 16.6. The van der Waals surface area contributed by atoms with Gasteiger partial charge in [0.15, 0.2) is 0 Å². The highest BCUT2D eigenvalue weighted by Crippen LogP contribution is 2.37. The molecule has 4 aromatic rings. The van der Waals surface area contributed by atoms with E-state index in [1.54, 1.807) is 0 Å². The molecule has 1 aliphatic carbocycles. The van der Waals surface area contributed by atoms with E-state index in [1.165, 1.54) is 18.5 Å². The number of aromatic nitrogens is 5. The fourth-order valence-electron chi connectivity index (χ4n) is 5.36. The average molecular weight is 456 g/mol. The van der Waals surface area contributed by atoms with Gasteiger partial charge in [-0.1, -0.05) is 6.92 Å². The van der Waals surface area contributed by atoms with Crippen molar-refractivity contribution in [2.45, 2.75) is 51.7 Å². The lowest BCUT2D eigenvalue weighted by Crippen LogP contribution is -2.64. The van der Waals surface area contributed by atoms with Gasteiger partial charge in [0.2, 0.25) is 0 Å². The number of hydrogen-bond acceptors (Lipinski definition) is 6. The standard InChI is InChI=1S/C26H29N7O/c1-3-18-11-21-22(31-26(18)34)10-17(12-28-21)15-32-8-9-33(25-7-6-24(25)32)19-4-5-20(29-13-19)23-14-27-16(2)30-23/h4-5,10-14,24-25H,3,6-9,15H2,1-2H3,(H,27,30)(H,31,34)/t24-,25-/m0/s1. The SMILES string of the molecule is CCc1cc2ncc(CN3CCN(c4ccc(-c5cnc(C)[nH]5)nc4)[C@H]4CC[C@@H]43)cc2[nH]c1=O. The molecule has 1 saturated carbocycles. The zero-order chi connectivity index (χ0) is 23.2. The molecule has 1 saturated heterocycles. The smallest absolute Gasteiger partial charge is 0.251 e. The van der Waals surface area contributed by atoms with Crippen LogP contribution in [0.3, 0.4) is 0 Å². The van der Waals surface area contributed by atoms with Crippen LogP contribution < -0.4 is 10.5 Å². The van der Waals surface area contributed by atoms with Crippen LogP contribution in [0.1, 0.15) is 36.7 Å². The summed E-state index contributed by atoms with van der Waals surface area (Å²) in [4.78, 5) is 37.2. The van der Waals surface area contributed by atoms with Crippen LogP contribution in [0.25, 0.3) is 22.4 Å². The van der Waals surface area contributed by atoms with E-state index in [0.29, 0.717) is 18.5 Å². The molecule has 4 aromatic heterocycles. The quantitative estimate of drug-likeness (QED) is 0.479. The number of imidazole rings is 1. The number of rotatable bonds is 5. The summed E-state index contributed by atoms with van der Waals surface area (Å²) < 4.78 is 0. The second-order valence-electron chi connectivity index (χ2n) is 9.41. The molecule has 1 aliphatic heterocycles. The average Bonchev–Trinajstić information content (AvgIpc) is 3.26. The molecule has 8 heteroatoms. The second kappa shape index (κ2) is 8.36. The number of nitrogens with zero attached hydrogens (tertiary/aromatic N) is 5. The molecule has 2 atom stereocenters. The van der Waals surface area contributed by atoms with Gasteiger partial charge in [-0.15, -0.1) is 0 Å². The van der Waals surface area contributed by atoms with Crippen molar-refractivity contribution in [2.24, 2.45) is 0 Å². The van der Waals surface area contributed by atoms with E-state index in [9.17, 15) is 4.79 Å². The highest BCUT2D eigenvalue weighted by atomic mass is 16.1. The third kappa shape index (κ3) is 3.68. The minimum Gasteiger partial charge on any atom is -0.364 e. The molecule has 8 nitrogen and oxygen atoms in total. The lowest BCUT2D eigenvalue weighted by molar-refractivity contribution is 0.0659. The van der Waals surface area contributed by atoms with Crippen LogP contribution in [-0.2, 0) is 13.0 Å². The number of H-pyrrole nitrogens is 2. The van der Waals surface area contributed by atoms with Crippen LogP contribution in [-0.4, -0.2) is 55.0 Å². The summed E-state index contributed by atoms with van der Waals surface area (Å²) in [6, 6.07) is 9.29. The zero-order valence-electron chi connectivity index (χ0n) is 19.6. The monoisotopic (exact) mass is 455 g/mol.